The van der Waals surface area contributed by atoms with Crippen molar-refractivity contribution in [2.45, 2.75) is 25.8 Å². The highest BCUT2D eigenvalue weighted by molar-refractivity contribution is 7.24. The van der Waals surface area contributed by atoms with E-state index in [0.29, 0.717) is 54.2 Å². The number of morpholine rings is 1. The van der Waals surface area contributed by atoms with E-state index in [0.717, 1.165) is 36.4 Å². The average Bonchev–Trinajstić information content (AvgIpc) is 3.51. The summed E-state index contributed by atoms with van der Waals surface area (Å²) in [5.41, 5.74) is 0.759. The molecule has 2 fully saturated rings. The van der Waals surface area contributed by atoms with Gasteiger partial charge in [0.2, 0.25) is 5.43 Å². The van der Waals surface area contributed by atoms with Crippen LogP contribution in [0.4, 0.5) is 10.2 Å². The first-order chi connectivity index (χ1) is 17.5. The first-order valence-electron chi connectivity index (χ1n) is 12.5. The van der Waals surface area contributed by atoms with E-state index in [1.165, 1.54) is 23.5 Å². The number of thiazole rings is 1. The highest BCUT2D eigenvalue weighted by Crippen LogP contribution is 2.32. The molecule has 4 aromatic rings. The summed E-state index contributed by atoms with van der Waals surface area (Å²) in [6, 6.07) is 8.33. The van der Waals surface area contributed by atoms with Gasteiger partial charge < -0.3 is 15.0 Å². The Bertz CT molecular complexity index is 1530. The molecule has 8 nitrogen and oxygen atoms in total. The third-order valence-electron chi connectivity index (χ3n) is 7.30. The van der Waals surface area contributed by atoms with Gasteiger partial charge in [-0.15, -0.1) is 11.3 Å². The van der Waals surface area contributed by atoms with E-state index in [-0.39, 0.29) is 22.9 Å². The molecule has 0 aliphatic carbocycles. The molecule has 0 bridgehead atoms. The molecule has 0 spiro atoms. The van der Waals surface area contributed by atoms with Crippen molar-refractivity contribution in [1.29, 1.82) is 0 Å². The first kappa shape index (κ1) is 23.3. The highest BCUT2D eigenvalue weighted by Gasteiger charge is 2.27. The summed E-state index contributed by atoms with van der Waals surface area (Å²) < 4.78 is 22.3. The third kappa shape index (κ3) is 3.93. The van der Waals surface area contributed by atoms with Crippen molar-refractivity contribution in [3.05, 3.63) is 51.9 Å². The second-order valence-corrected chi connectivity index (χ2v) is 10.4. The SMILES string of the molecule is CCN1CCCC1CNC(=O)c1c(=O)c2ccc(N3CCOCC3)nc2n2c1sc1ccc(F)cc12. The molecule has 3 aromatic heterocycles. The van der Waals surface area contributed by atoms with E-state index >= 15 is 0 Å². The van der Waals surface area contributed by atoms with Gasteiger partial charge in [-0.2, -0.15) is 0 Å². The normalized spacial score (nSPS) is 19.1. The van der Waals surface area contributed by atoms with Crippen LogP contribution in [0.5, 0.6) is 0 Å². The zero-order chi connectivity index (χ0) is 24.8. The summed E-state index contributed by atoms with van der Waals surface area (Å²) in [6.45, 7) is 7.19. The molecule has 2 saturated heterocycles. The van der Waals surface area contributed by atoms with Crippen molar-refractivity contribution >= 4 is 49.1 Å². The lowest BCUT2D eigenvalue weighted by Crippen LogP contribution is -2.41. The van der Waals surface area contributed by atoms with E-state index in [1.807, 2.05) is 6.07 Å². The lowest BCUT2D eigenvalue weighted by Gasteiger charge is -2.28. The monoisotopic (exact) mass is 509 g/mol. The third-order valence-corrected chi connectivity index (χ3v) is 8.44. The lowest BCUT2D eigenvalue weighted by molar-refractivity contribution is 0.0942. The Morgan fingerprint density at radius 1 is 1.22 bits per heavy atom. The fraction of sp³-hybridized carbons (Fsp3) is 0.423. The Kier molecular flexibility index (Phi) is 6.10. The van der Waals surface area contributed by atoms with Gasteiger partial charge in [0.05, 0.1) is 28.8 Å². The standard InChI is InChI=1S/C26H28FN5O3S/c1-2-30-9-3-4-17(30)15-28-25(34)22-23(33)18-6-8-21(31-10-12-35-13-11-31)29-24(18)32-19-14-16(27)5-7-20(19)36-26(22)32/h5-8,14,17H,2-4,9-13,15H2,1H3,(H,28,34). The molecule has 1 unspecified atom stereocenters. The van der Waals surface area contributed by atoms with Crippen LogP contribution >= 0.6 is 11.3 Å². The molecular weight excluding hydrogens is 481 g/mol. The molecule has 1 atom stereocenters. The molecule has 0 saturated carbocycles. The number of nitrogens with zero attached hydrogens (tertiary/aromatic N) is 4. The number of carbonyl (C=O) groups excluding carboxylic acids is 1. The van der Waals surface area contributed by atoms with Gasteiger partial charge >= 0.3 is 0 Å². The molecule has 5 heterocycles. The lowest BCUT2D eigenvalue weighted by atomic mass is 10.1. The summed E-state index contributed by atoms with van der Waals surface area (Å²) in [7, 11) is 0. The zero-order valence-electron chi connectivity index (χ0n) is 20.1. The van der Waals surface area contributed by atoms with Crippen LogP contribution in [0.3, 0.4) is 0 Å². The van der Waals surface area contributed by atoms with Gasteiger partial charge in [-0.1, -0.05) is 6.92 Å². The number of ether oxygens (including phenoxy) is 1. The van der Waals surface area contributed by atoms with Gasteiger partial charge in [-0.3, -0.25) is 18.9 Å². The van der Waals surface area contributed by atoms with Crippen molar-refractivity contribution in [1.82, 2.24) is 19.6 Å². The van der Waals surface area contributed by atoms with Crippen LogP contribution < -0.4 is 15.6 Å². The Hall–Kier alpha value is -3.08. The number of rotatable bonds is 5. The van der Waals surface area contributed by atoms with Crippen LogP contribution in [0, 0.1) is 5.82 Å². The second kappa shape index (κ2) is 9.42. The Balaban J connectivity index is 1.51. The van der Waals surface area contributed by atoms with E-state index < -0.39 is 5.91 Å². The fourth-order valence-electron chi connectivity index (χ4n) is 5.41. The fourth-order valence-corrected chi connectivity index (χ4v) is 6.57. The minimum Gasteiger partial charge on any atom is -0.378 e. The van der Waals surface area contributed by atoms with Crippen LogP contribution in [0.15, 0.2) is 35.1 Å². The number of likely N-dealkylation sites (N-methyl/N-ethyl adjacent to an activating group) is 1. The molecule has 188 valence electrons. The minimum atomic E-state index is -0.397. The summed E-state index contributed by atoms with van der Waals surface area (Å²) in [6.07, 6.45) is 2.13. The summed E-state index contributed by atoms with van der Waals surface area (Å²) in [4.78, 5) is 37.0. The molecule has 6 rings (SSSR count). The Morgan fingerprint density at radius 2 is 2.06 bits per heavy atom. The number of benzene rings is 1. The predicted octanol–water partition coefficient (Wildman–Crippen LogP) is 3.25. The van der Waals surface area contributed by atoms with Gasteiger partial charge in [0.1, 0.15) is 22.0 Å². The molecule has 36 heavy (non-hydrogen) atoms. The summed E-state index contributed by atoms with van der Waals surface area (Å²) in [5, 5.41) is 3.36. The van der Waals surface area contributed by atoms with Crippen molar-refractivity contribution < 1.29 is 13.9 Å². The smallest absolute Gasteiger partial charge is 0.258 e. The van der Waals surface area contributed by atoms with Gasteiger partial charge in [-0.05, 0) is 56.3 Å². The van der Waals surface area contributed by atoms with Gasteiger partial charge in [0, 0.05) is 25.7 Å². The maximum Gasteiger partial charge on any atom is 0.258 e. The quantitative estimate of drug-likeness (QED) is 0.445. The number of nitrogens with one attached hydrogen (secondary N) is 1. The number of pyridine rings is 2. The molecule has 1 N–H and O–H groups in total. The number of hydrogen-bond donors (Lipinski definition) is 1. The first-order valence-corrected chi connectivity index (χ1v) is 13.3. The van der Waals surface area contributed by atoms with E-state index in [1.54, 1.807) is 16.5 Å². The van der Waals surface area contributed by atoms with Crippen LogP contribution in [-0.2, 0) is 4.74 Å². The van der Waals surface area contributed by atoms with Crippen LogP contribution in [0.25, 0.3) is 26.1 Å². The van der Waals surface area contributed by atoms with Crippen molar-refractivity contribution in [2.24, 2.45) is 0 Å². The molecular formula is C26H28FN5O3S. The van der Waals surface area contributed by atoms with Gasteiger partial charge in [0.25, 0.3) is 5.91 Å². The molecule has 10 heteroatoms. The van der Waals surface area contributed by atoms with Crippen molar-refractivity contribution in [2.75, 3.05) is 50.8 Å². The van der Waals surface area contributed by atoms with Crippen molar-refractivity contribution in [3.63, 3.8) is 0 Å². The number of carbonyl (C=O) groups is 1. The molecule has 2 aliphatic rings. The molecule has 2 aliphatic heterocycles. The largest absolute Gasteiger partial charge is 0.378 e. The van der Waals surface area contributed by atoms with Crippen LogP contribution in [0.2, 0.25) is 0 Å². The molecule has 1 aromatic carbocycles. The highest BCUT2D eigenvalue weighted by atomic mass is 32.1. The second-order valence-electron chi connectivity index (χ2n) is 9.33. The molecule has 0 radical (unpaired) electrons. The van der Waals surface area contributed by atoms with E-state index in [4.69, 9.17) is 9.72 Å². The topological polar surface area (TPSA) is 79.2 Å². The molecule has 1 amide bonds. The van der Waals surface area contributed by atoms with Gasteiger partial charge in [0.15, 0.2) is 5.65 Å². The zero-order valence-corrected chi connectivity index (χ0v) is 20.9. The van der Waals surface area contributed by atoms with Crippen LogP contribution in [0.1, 0.15) is 30.1 Å². The number of fused-ring (bicyclic) bond motifs is 5. The number of aromatic nitrogens is 2. The number of anilines is 1. The van der Waals surface area contributed by atoms with Gasteiger partial charge in [-0.25, -0.2) is 9.37 Å². The Labute approximate surface area is 211 Å². The van der Waals surface area contributed by atoms with Crippen molar-refractivity contribution in [3.8, 4) is 0 Å². The van der Waals surface area contributed by atoms with Crippen LogP contribution in [-0.4, -0.2) is 72.2 Å². The number of likely N-dealkylation sites (tertiary alicyclic amines) is 1. The minimum absolute atomic E-state index is 0.0890. The summed E-state index contributed by atoms with van der Waals surface area (Å²) in [5.74, 6) is -0.0512. The summed E-state index contributed by atoms with van der Waals surface area (Å²) >= 11 is 1.31. The Morgan fingerprint density at radius 3 is 2.86 bits per heavy atom. The number of hydrogen-bond acceptors (Lipinski definition) is 7. The maximum atomic E-state index is 14.3. The average molecular weight is 510 g/mol. The van der Waals surface area contributed by atoms with E-state index in [9.17, 15) is 14.0 Å². The maximum absolute atomic E-state index is 14.3. The number of halogens is 1. The predicted molar refractivity (Wildman–Crippen MR) is 140 cm³/mol. The number of amides is 1. The van der Waals surface area contributed by atoms with E-state index in [2.05, 4.69) is 22.0 Å².